The second-order valence-corrected chi connectivity index (χ2v) is 7.41. The molecule has 1 saturated heterocycles. The number of carbonyl (C=O) groups excluding carboxylic acids is 1. The van der Waals surface area contributed by atoms with Crippen LogP contribution >= 0.6 is 11.3 Å². The van der Waals surface area contributed by atoms with Crippen molar-refractivity contribution in [3.63, 3.8) is 0 Å². The van der Waals surface area contributed by atoms with Crippen LogP contribution in [0.1, 0.15) is 23.3 Å². The number of benzene rings is 1. The summed E-state index contributed by atoms with van der Waals surface area (Å²) in [6.07, 6.45) is 5.55. The van der Waals surface area contributed by atoms with E-state index in [1.54, 1.807) is 37.7 Å². The molecule has 144 valence electrons. The molecular formula is C21H25NO4S. The zero-order valence-corrected chi connectivity index (χ0v) is 16.5. The minimum Gasteiger partial charge on any atom is -0.497 e. The zero-order chi connectivity index (χ0) is 19.1. The van der Waals surface area contributed by atoms with E-state index in [4.69, 9.17) is 14.2 Å². The summed E-state index contributed by atoms with van der Waals surface area (Å²) in [4.78, 5) is 15.9. The molecule has 27 heavy (non-hydrogen) atoms. The van der Waals surface area contributed by atoms with Gasteiger partial charge in [-0.2, -0.15) is 0 Å². The van der Waals surface area contributed by atoms with Gasteiger partial charge in [-0.1, -0.05) is 6.07 Å². The maximum Gasteiger partial charge on any atom is 0.246 e. The summed E-state index contributed by atoms with van der Waals surface area (Å²) in [5.41, 5.74) is 0.804. The molecule has 1 aromatic carbocycles. The Labute approximate surface area is 164 Å². The van der Waals surface area contributed by atoms with Crippen LogP contribution in [0.2, 0.25) is 0 Å². The van der Waals surface area contributed by atoms with Crippen molar-refractivity contribution >= 4 is 23.3 Å². The first-order valence-electron chi connectivity index (χ1n) is 9.02. The molecule has 5 nitrogen and oxygen atoms in total. The third kappa shape index (κ3) is 5.34. The highest BCUT2D eigenvalue weighted by Gasteiger charge is 2.22. The fourth-order valence-corrected chi connectivity index (χ4v) is 3.81. The average molecular weight is 388 g/mol. The molecule has 0 aliphatic carbocycles. The Bertz CT molecular complexity index is 766. The van der Waals surface area contributed by atoms with Crippen molar-refractivity contribution in [3.05, 3.63) is 52.2 Å². The molecule has 1 aliphatic rings. The van der Waals surface area contributed by atoms with E-state index >= 15 is 0 Å². The van der Waals surface area contributed by atoms with Crippen LogP contribution in [0.5, 0.6) is 11.5 Å². The monoisotopic (exact) mass is 387 g/mol. The molecule has 0 unspecified atom stereocenters. The molecule has 2 heterocycles. The summed E-state index contributed by atoms with van der Waals surface area (Å²) in [6.45, 7) is 1.98. The molecule has 0 N–H and O–H groups in total. The number of hydrogen-bond acceptors (Lipinski definition) is 5. The van der Waals surface area contributed by atoms with Gasteiger partial charge in [0, 0.05) is 29.7 Å². The molecule has 0 spiro atoms. The number of amides is 1. The van der Waals surface area contributed by atoms with Crippen molar-refractivity contribution in [3.8, 4) is 11.5 Å². The Morgan fingerprint density at radius 2 is 2.22 bits per heavy atom. The van der Waals surface area contributed by atoms with Crippen molar-refractivity contribution in [2.45, 2.75) is 25.5 Å². The van der Waals surface area contributed by atoms with Gasteiger partial charge in [0.05, 0.1) is 26.9 Å². The van der Waals surface area contributed by atoms with Gasteiger partial charge in [0.15, 0.2) is 0 Å². The van der Waals surface area contributed by atoms with E-state index in [0.717, 1.165) is 35.6 Å². The van der Waals surface area contributed by atoms with Gasteiger partial charge < -0.3 is 19.1 Å². The van der Waals surface area contributed by atoms with E-state index in [1.165, 1.54) is 0 Å². The zero-order valence-electron chi connectivity index (χ0n) is 15.7. The maximum absolute atomic E-state index is 12.9. The summed E-state index contributed by atoms with van der Waals surface area (Å²) in [5.74, 6) is 1.38. The van der Waals surface area contributed by atoms with Crippen LogP contribution in [-0.4, -0.2) is 44.3 Å². The number of hydrogen-bond donors (Lipinski definition) is 0. The van der Waals surface area contributed by atoms with Crippen molar-refractivity contribution in [2.75, 3.05) is 27.4 Å². The van der Waals surface area contributed by atoms with Crippen molar-refractivity contribution in [1.29, 1.82) is 0 Å². The number of rotatable bonds is 8. The Morgan fingerprint density at radius 1 is 1.33 bits per heavy atom. The molecule has 6 heteroatoms. The fraction of sp³-hybridized carbons (Fsp3) is 0.381. The van der Waals surface area contributed by atoms with Crippen LogP contribution in [0.3, 0.4) is 0 Å². The Kier molecular flexibility index (Phi) is 6.90. The van der Waals surface area contributed by atoms with Gasteiger partial charge in [0.25, 0.3) is 0 Å². The Morgan fingerprint density at radius 3 is 2.89 bits per heavy atom. The number of methoxy groups -OCH3 is 2. The van der Waals surface area contributed by atoms with Crippen molar-refractivity contribution in [2.24, 2.45) is 0 Å². The van der Waals surface area contributed by atoms with Crippen molar-refractivity contribution < 1.29 is 19.0 Å². The van der Waals surface area contributed by atoms with Gasteiger partial charge in [-0.05, 0) is 48.6 Å². The van der Waals surface area contributed by atoms with Crippen molar-refractivity contribution in [1.82, 2.24) is 4.90 Å². The molecule has 1 aliphatic heterocycles. The smallest absolute Gasteiger partial charge is 0.246 e. The van der Waals surface area contributed by atoms with Gasteiger partial charge >= 0.3 is 0 Å². The predicted molar refractivity (Wildman–Crippen MR) is 107 cm³/mol. The van der Waals surface area contributed by atoms with Crippen LogP contribution in [-0.2, 0) is 16.1 Å². The van der Waals surface area contributed by atoms with Crippen LogP contribution < -0.4 is 9.47 Å². The number of carbonyl (C=O) groups is 1. The molecule has 0 radical (unpaired) electrons. The molecule has 0 saturated carbocycles. The first-order valence-corrected chi connectivity index (χ1v) is 9.90. The molecule has 1 atom stereocenters. The van der Waals surface area contributed by atoms with E-state index in [2.05, 4.69) is 6.07 Å². The molecule has 1 amide bonds. The summed E-state index contributed by atoms with van der Waals surface area (Å²) >= 11 is 1.66. The van der Waals surface area contributed by atoms with Crippen LogP contribution in [0.4, 0.5) is 0 Å². The van der Waals surface area contributed by atoms with Gasteiger partial charge in [0.2, 0.25) is 5.91 Å². The third-order valence-electron chi connectivity index (χ3n) is 4.53. The lowest BCUT2D eigenvalue weighted by Gasteiger charge is -2.24. The SMILES string of the molecule is COc1ccc(OC)c(/C=C/C(=O)N(Cc2cccs2)C[C@H]2CCCO2)c1. The summed E-state index contributed by atoms with van der Waals surface area (Å²) in [6, 6.07) is 9.57. The number of thiophene rings is 1. The van der Waals surface area contributed by atoms with E-state index in [0.29, 0.717) is 18.8 Å². The van der Waals surface area contributed by atoms with Crippen LogP contribution in [0.25, 0.3) is 6.08 Å². The topological polar surface area (TPSA) is 48.0 Å². The Hall–Kier alpha value is -2.31. The first kappa shape index (κ1) is 19.5. The lowest BCUT2D eigenvalue weighted by atomic mass is 10.1. The van der Waals surface area contributed by atoms with E-state index in [1.807, 2.05) is 34.5 Å². The molecule has 0 bridgehead atoms. The largest absolute Gasteiger partial charge is 0.497 e. The quantitative estimate of drug-likeness (QED) is 0.643. The lowest BCUT2D eigenvalue weighted by Crippen LogP contribution is -2.35. The first-order chi connectivity index (χ1) is 13.2. The minimum absolute atomic E-state index is 0.0382. The Balaban J connectivity index is 1.75. The van der Waals surface area contributed by atoms with E-state index < -0.39 is 0 Å². The van der Waals surface area contributed by atoms with E-state index in [-0.39, 0.29) is 12.0 Å². The molecule has 1 fully saturated rings. The lowest BCUT2D eigenvalue weighted by molar-refractivity contribution is -0.128. The highest BCUT2D eigenvalue weighted by molar-refractivity contribution is 7.09. The number of nitrogens with zero attached hydrogens (tertiary/aromatic N) is 1. The normalized spacial score (nSPS) is 16.6. The maximum atomic E-state index is 12.9. The molecule has 3 rings (SSSR count). The summed E-state index contributed by atoms with van der Waals surface area (Å²) in [5, 5.41) is 2.03. The van der Waals surface area contributed by atoms with Gasteiger partial charge in [0.1, 0.15) is 11.5 Å². The third-order valence-corrected chi connectivity index (χ3v) is 5.39. The van der Waals surface area contributed by atoms with Gasteiger partial charge in [-0.25, -0.2) is 0 Å². The second-order valence-electron chi connectivity index (χ2n) is 6.37. The number of ether oxygens (including phenoxy) is 3. The molecule has 2 aromatic rings. The second kappa shape index (κ2) is 9.58. The predicted octanol–water partition coefficient (Wildman–Crippen LogP) is 3.99. The van der Waals surface area contributed by atoms with E-state index in [9.17, 15) is 4.79 Å². The van der Waals surface area contributed by atoms with Crippen LogP contribution in [0, 0.1) is 0 Å². The minimum atomic E-state index is -0.0382. The van der Waals surface area contributed by atoms with Gasteiger partial charge in [-0.3, -0.25) is 4.79 Å². The summed E-state index contributed by atoms with van der Waals surface area (Å²) in [7, 11) is 3.23. The van der Waals surface area contributed by atoms with Gasteiger partial charge in [-0.15, -0.1) is 11.3 Å². The molecule has 1 aromatic heterocycles. The standard InChI is InChI=1S/C21H25NO4S/c1-24-17-8-9-20(25-2)16(13-17)7-10-21(23)22(14-18-5-3-11-26-18)15-19-6-4-12-27-19/h4,6-10,12-13,18H,3,5,11,14-15H2,1-2H3/b10-7+/t18-/m1/s1. The van der Waals surface area contributed by atoms with Crippen LogP contribution in [0.15, 0.2) is 41.8 Å². The average Bonchev–Trinajstić information content (AvgIpc) is 3.39. The highest BCUT2D eigenvalue weighted by Crippen LogP contribution is 2.25. The summed E-state index contributed by atoms with van der Waals surface area (Å²) < 4.78 is 16.4. The fourth-order valence-electron chi connectivity index (χ4n) is 3.09. The molecular weight excluding hydrogens is 362 g/mol. The highest BCUT2D eigenvalue weighted by atomic mass is 32.1.